The molecule has 0 radical (unpaired) electrons. The van der Waals surface area contributed by atoms with E-state index in [0.29, 0.717) is 5.75 Å². The van der Waals surface area contributed by atoms with Crippen molar-refractivity contribution in [2.24, 2.45) is 5.41 Å². The van der Waals surface area contributed by atoms with Crippen LogP contribution in [0.2, 0.25) is 0 Å². The van der Waals surface area contributed by atoms with E-state index >= 15 is 0 Å². The van der Waals surface area contributed by atoms with Crippen LogP contribution in [-0.4, -0.2) is 19.9 Å². The second-order valence-corrected chi connectivity index (χ2v) is 7.05. The van der Waals surface area contributed by atoms with Crippen LogP contribution < -0.4 is 0 Å². The van der Waals surface area contributed by atoms with Crippen LogP contribution in [-0.2, 0) is 9.84 Å². The summed E-state index contributed by atoms with van der Waals surface area (Å²) in [4.78, 5) is 0.980. The third kappa shape index (κ3) is 2.52. The van der Waals surface area contributed by atoms with Crippen LogP contribution in [0.5, 0.6) is 0 Å². The number of hydrogen-bond donors (Lipinski definition) is 0. The van der Waals surface area contributed by atoms with Crippen LogP contribution in [0.25, 0.3) is 0 Å². The molecule has 1 heterocycles. The van der Waals surface area contributed by atoms with Gasteiger partial charge in [-0.05, 0) is 5.41 Å². The first-order chi connectivity index (χ1) is 5.31. The Labute approximate surface area is 78.3 Å². The predicted molar refractivity (Wildman–Crippen MR) is 53.8 cm³/mol. The SMILES string of the molecule is CC(C)(C)C1=CS(=O)(=O)CCS1. The molecule has 0 aliphatic carbocycles. The number of hydrogen-bond acceptors (Lipinski definition) is 3. The summed E-state index contributed by atoms with van der Waals surface area (Å²) in [5, 5.41) is 1.43. The topological polar surface area (TPSA) is 34.1 Å². The van der Waals surface area contributed by atoms with Gasteiger partial charge in [-0.1, -0.05) is 20.8 Å². The molecule has 0 aromatic heterocycles. The maximum Gasteiger partial charge on any atom is 0.173 e. The Morgan fingerprint density at radius 3 is 2.33 bits per heavy atom. The second kappa shape index (κ2) is 3.07. The summed E-state index contributed by atoms with van der Waals surface area (Å²) in [5.74, 6) is 0.989. The molecule has 0 saturated heterocycles. The highest BCUT2D eigenvalue weighted by Crippen LogP contribution is 2.37. The van der Waals surface area contributed by atoms with E-state index in [9.17, 15) is 8.42 Å². The van der Waals surface area contributed by atoms with E-state index in [2.05, 4.69) is 0 Å². The quantitative estimate of drug-likeness (QED) is 0.608. The molecule has 0 saturated carbocycles. The van der Waals surface area contributed by atoms with E-state index in [1.165, 1.54) is 5.41 Å². The zero-order valence-corrected chi connectivity index (χ0v) is 9.26. The van der Waals surface area contributed by atoms with Crippen molar-refractivity contribution in [3.8, 4) is 0 Å². The van der Waals surface area contributed by atoms with Gasteiger partial charge in [-0.25, -0.2) is 8.42 Å². The van der Waals surface area contributed by atoms with Crippen molar-refractivity contribution in [2.45, 2.75) is 20.8 Å². The van der Waals surface area contributed by atoms with Crippen molar-refractivity contribution in [1.82, 2.24) is 0 Å². The zero-order chi connectivity index (χ0) is 9.41. The van der Waals surface area contributed by atoms with Gasteiger partial charge >= 0.3 is 0 Å². The number of allylic oxidation sites excluding steroid dienone is 1. The molecule has 0 unspecified atom stereocenters. The molecule has 4 heteroatoms. The van der Waals surface area contributed by atoms with Crippen LogP contribution in [0.1, 0.15) is 20.8 Å². The van der Waals surface area contributed by atoms with Crippen LogP contribution in [0.15, 0.2) is 10.3 Å². The third-order valence-corrected chi connectivity index (χ3v) is 4.88. The average molecular weight is 206 g/mol. The highest BCUT2D eigenvalue weighted by Gasteiger charge is 2.24. The van der Waals surface area contributed by atoms with E-state index in [1.54, 1.807) is 11.8 Å². The van der Waals surface area contributed by atoms with Crippen molar-refractivity contribution < 1.29 is 8.42 Å². The van der Waals surface area contributed by atoms with Gasteiger partial charge in [-0.15, -0.1) is 11.8 Å². The largest absolute Gasteiger partial charge is 0.224 e. The lowest BCUT2D eigenvalue weighted by atomic mass is 9.97. The van der Waals surface area contributed by atoms with E-state index in [4.69, 9.17) is 0 Å². The van der Waals surface area contributed by atoms with Crippen molar-refractivity contribution in [3.05, 3.63) is 10.3 Å². The minimum absolute atomic E-state index is 0.0296. The van der Waals surface area contributed by atoms with Crippen molar-refractivity contribution in [3.63, 3.8) is 0 Å². The molecular formula is C8H14O2S2. The molecule has 0 amide bonds. The fourth-order valence-corrected chi connectivity index (χ4v) is 4.34. The monoisotopic (exact) mass is 206 g/mol. The van der Waals surface area contributed by atoms with Gasteiger partial charge in [0.2, 0.25) is 0 Å². The smallest absolute Gasteiger partial charge is 0.173 e. The first kappa shape index (κ1) is 10.1. The van der Waals surface area contributed by atoms with Crippen molar-refractivity contribution in [1.29, 1.82) is 0 Å². The van der Waals surface area contributed by atoms with Gasteiger partial charge in [0.15, 0.2) is 9.84 Å². The Balaban J connectivity index is 3.01. The van der Waals surface area contributed by atoms with Crippen LogP contribution in [0, 0.1) is 5.41 Å². The van der Waals surface area contributed by atoms with Gasteiger partial charge in [-0.2, -0.15) is 0 Å². The molecule has 0 N–H and O–H groups in total. The summed E-state index contributed by atoms with van der Waals surface area (Å²) < 4.78 is 22.4. The second-order valence-electron chi connectivity index (χ2n) is 3.95. The summed E-state index contributed by atoms with van der Waals surface area (Å²) in [6, 6.07) is 0. The third-order valence-electron chi connectivity index (χ3n) is 1.65. The first-order valence-electron chi connectivity index (χ1n) is 3.89. The molecule has 0 aromatic carbocycles. The Morgan fingerprint density at radius 1 is 1.42 bits per heavy atom. The predicted octanol–water partition coefficient (Wildman–Crippen LogP) is 2.04. The molecule has 2 nitrogen and oxygen atoms in total. The van der Waals surface area contributed by atoms with Gasteiger partial charge in [0.1, 0.15) is 0 Å². The lowest BCUT2D eigenvalue weighted by molar-refractivity contribution is 0.532. The number of sulfone groups is 1. The maximum absolute atomic E-state index is 11.2. The number of thioether (sulfide) groups is 1. The van der Waals surface area contributed by atoms with Gasteiger partial charge in [0.25, 0.3) is 0 Å². The van der Waals surface area contributed by atoms with Gasteiger partial charge < -0.3 is 0 Å². The number of rotatable bonds is 0. The highest BCUT2D eigenvalue weighted by atomic mass is 32.2. The summed E-state index contributed by atoms with van der Waals surface area (Å²) in [5.41, 5.74) is -0.0296. The molecule has 1 rings (SSSR count). The Morgan fingerprint density at radius 2 is 2.00 bits per heavy atom. The average Bonchev–Trinajstić information content (AvgIpc) is 1.83. The Kier molecular flexibility index (Phi) is 2.59. The van der Waals surface area contributed by atoms with E-state index in [0.717, 1.165) is 4.91 Å². The lowest BCUT2D eigenvalue weighted by Crippen LogP contribution is -2.17. The van der Waals surface area contributed by atoms with Crippen LogP contribution in [0.4, 0.5) is 0 Å². The molecule has 12 heavy (non-hydrogen) atoms. The fraction of sp³-hybridized carbons (Fsp3) is 0.750. The Hall–Kier alpha value is 0.0400. The van der Waals surface area contributed by atoms with Crippen LogP contribution >= 0.6 is 11.8 Å². The summed E-state index contributed by atoms with van der Waals surface area (Å²) in [6.07, 6.45) is 0. The maximum atomic E-state index is 11.2. The molecule has 1 aliphatic rings. The Bertz CT molecular complexity index is 294. The summed E-state index contributed by atoms with van der Waals surface area (Å²) >= 11 is 1.65. The molecule has 70 valence electrons. The molecule has 0 fully saturated rings. The van der Waals surface area contributed by atoms with Gasteiger partial charge in [0, 0.05) is 16.1 Å². The summed E-state index contributed by atoms with van der Waals surface area (Å²) in [6.45, 7) is 6.10. The zero-order valence-electron chi connectivity index (χ0n) is 7.62. The lowest BCUT2D eigenvalue weighted by Gasteiger charge is -2.24. The molecular weight excluding hydrogens is 192 g/mol. The van der Waals surface area contributed by atoms with E-state index in [-0.39, 0.29) is 11.2 Å². The minimum Gasteiger partial charge on any atom is -0.224 e. The van der Waals surface area contributed by atoms with Gasteiger partial charge in [0.05, 0.1) is 5.75 Å². The molecule has 0 spiro atoms. The molecule has 1 aliphatic heterocycles. The highest BCUT2D eigenvalue weighted by molar-refractivity contribution is 8.06. The normalized spacial score (nSPS) is 23.4. The summed E-state index contributed by atoms with van der Waals surface area (Å²) in [7, 11) is -2.90. The molecule has 0 bridgehead atoms. The van der Waals surface area contributed by atoms with Crippen molar-refractivity contribution in [2.75, 3.05) is 11.5 Å². The first-order valence-corrected chi connectivity index (χ1v) is 6.59. The minimum atomic E-state index is -2.90. The molecule has 0 atom stereocenters. The van der Waals surface area contributed by atoms with Crippen LogP contribution in [0.3, 0.4) is 0 Å². The standard InChI is InChI=1S/C8H14O2S2/c1-8(2,3)7-6-12(9,10)5-4-11-7/h6H,4-5H2,1-3H3. The van der Waals surface area contributed by atoms with E-state index < -0.39 is 9.84 Å². The van der Waals surface area contributed by atoms with Gasteiger partial charge in [-0.3, -0.25) is 0 Å². The van der Waals surface area contributed by atoms with E-state index in [1.807, 2.05) is 20.8 Å². The fourth-order valence-electron chi connectivity index (χ4n) is 0.917. The molecule has 0 aromatic rings. The van der Waals surface area contributed by atoms with Crippen molar-refractivity contribution >= 4 is 21.6 Å².